The summed E-state index contributed by atoms with van der Waals surface area (Å²) in [6.07, 6.45) is 4.63. The summed E-state index contributed by atoms with van der Waals surface area (Å²) in [5.41, 5.74) is 2.56. The predicted molar refractivity (Wildman–Crippen MR) is 88.1 cm³/mol. The first-order chi connectivity index (χ1) is 11.0. The molecule has 2 aliphatic carbocycles. The molecular weight excluding hydrogens is 296 g/mol. The van der Waals surface area contributed by atoms with Crippen LogP contribution in [0.5, 0.6) is 5.75 Å². The Hall–Kier alpha value is -1.16. The molecule has 0 radical (unpaired) electrons. The Morgan fingerprint density at radius 3 is 2.78 bits per heavy atom. The van der Waals surface area contributed by atoms with Crippen molar-refractivity contribution < 1.29 is 13.5 Å². The Bertz CT molecular complexity index is 548. The van der Waals surface area contributed by atoms with Crippen molar-refractivity contribution in [2.45, 2.75) is 58.1 Å². The summed E-state index contributed by atoms with van der Waals surface area (Å²) in [5.74, 6) is 2.16. The minimum Gasteiger partial charge on any atom is -0.435 e. The fourth-order valence-electron chi connectivity index (χ4n) is 4.61. The van der Waals surface area contributed by atoms with Crippen molar-refractivity contribution in [2.24, 2.45) is 11.8 Å². The third-order valence-corrected chi connectivity index (χ3v) is 5.89. The van der Waals surface area contributed by atoms with Crippen LogP contribution in [0.4, 0.5) is 8.78 Å². The normalized spacial score (nSPS) is 30.2. The van der Waals surface area contributed by atoms with E-state index in [1.807, 2.05) is 12.1 Å². The maximum atomic E-state index is 12.5. The molecule has 2 nitrogen and oxygen atoms in total. The van der Waals surface area contributed by atoms with Crippen LogP contribution in [0.2, 0.25) is 0 Å². The van der Waals surface area contributed by atoms with Crippen LogP contribution in [0.1, 0.15) is 50.2 Å². The van der Waals surface area contributed by atoms with Gasteiger partial charge in [-0.2, -0.15) is 8.78 Å². The molecule has 4 atom stereocenters. The molecule has 0 heterocycles. The first kappa shape index (κ1) is 16.7. The van der Waals surface area contributed by atoms with E-state index in [2.05, 4.69) is 30.5 Å². The van der Waals surface area contributed by atoms with E-state index >= 15 is 0 Å². The summed E-state index contributed by atoms with van der Waals surface area (Å²) in [6, 6.07) is 6.12. The molecular formula is C19H27F2NO. The van der Waals surface area contributed by atoms with Crippen LogP contribution in [0.15, 0.2) is 18.2 Å². The van der Waals surface area contributed by atoms with E-state index in [1.165, 1.54) is 24.0 Å². The van der Waals surface area contributed by atoms with Gasteiger partial charge in [-0.1, -0.05) is 26.3 Å². The number of hydrogen-bond acceptors (Lipinski definition) is 2. The molecule has 3 rings (SSSR count). The van der Waals surface area contributed by atoms with Crippen LogP contribution in [-0.4, -0.2) is 31.1 Å². The minimum absolute atomic E-state index is 0.304. The van der Waals surface area contributed by atoms with Crippen molar-refractivity contribution in [3.63, 3.8) is 0 Å². The van der Waals surface area contributed by atoms with Crippen LogP contribution in [0, 0.1) is 11.8 Å². The minimum atomic E-state index is -2.75. The summed E-state index contributed by atoms with van der Waals surface area (Å²) in [7, 11) is 2.21. The standard InChI is InChI=1S/C19H27F2NO/c1-4-22(3)18-10-13-6-7-14(23-19(20)21)11-16(13)15-8-5-12(2)9-17(15)18/h6-7,11-12,15,17-19H,4-5,8-10H2,1-3H3/t12-,15?,17+,18+/m1/s1. The van der Waals surface area contributed by atoms with Gasteiger partial charge in [-0.05, 0) is 73.9 Å². The van der Waals surface area contributed by atoms with Gasteiger partial charge in [-0.15, -0.1) is 0 Å². The number of benzene rings is 1. The molecule has 0 saturated heterocycles. The predicted octanol–water partition coefficient (Wildman–Crippen LogP) is 4.68. The van der Waals surface area contributed by atoms with E-state index in [9.17, 15) is 8.78 Å². The number of halogens is 2. The fourth-order valence-corrected chi connectivity index (χ4v) is 4.61. The quantitative estimate of drug-likeness (QED) is 0.797. The van der Waals surface area contributed by atoms with Crippen LogP contribution in [-0.2, 0) is 6.42 Å². The highest BCUT2D eigenvalue weighted by Gasteiger charge is 2.41. The Morgan fingerprint density at radius 1 is 1.30 bits per heavy atom. The first-order valence-corrected chi connectivity index (χ1v) is 8.77. The zero-order valence-corrected chi connectivity index (χ0v) is 14.3. The topological polar surface area (TPSA) is 12.5 Å². The lowest BCUT2D eigenvalue weighted by Crippen LogP contribution is -2.47. The highest BCUT2D eigenvalue weighted by molar-refractivity contribution is 5.41. The zero-order chi connectivity index (χ0) is 16.6. The second-order valence-corrected chi connectivity index (χ2v) is 7.27. The maximum absolute atomic E-state index is 12.5. The van der Waals surface area contributed by atoms with Crippen LogP contribution < -0.4 is 4.74 Å². The van der Waals surface area contributed by atoms with Gasteiger partial charge in [0.15, 0.2) is 0 Å². The third kappa shape index (κ3) is 3.37. The molecule has 0 aromatic heterocycles. The van der Waals surface area contributed by atoms with Gasteiger partial charge in [0.1, 0.15) is 5.75 Å². The van der Waals surface area contributed by atoms with Gasteiger partial charge in [-0.25, -0.2) is 0 Å². The van der Waals surface area contributed by atoms with Gasteiger partial charge in [0.25, 0.3) is 0 Å². The van der Waals surface area contributed by atoms with Crippen molar-refractivity contribution in [3.8, 4) is 5.75 Å². The molecule has 1 fully saturated rings. The Morgan fingerprint density at radius 2 is 2.09 bits per heavy atom. The van der Waals surface area contributed by atoms with Crippen LogP contribution >= 0.6 is 0 Å². The van der Waals surface area contributed by atoms with E-state index in [4.69, 9.17) is 0 Å². The number of fused-ring (bicyclic) bond motifs is 3. The average Bonchev–Trinajstić information content (AvgIpc) is 2.52. The Labute approximate surface area is 137 Å². The Kier molecular flexibility index (Phi) is 4.90. The molecule has 2 aliphatic rings. The number of rotatable bonds is 4. The molecule has 1 saturated carbocycles. The summed E-state index contributed by atoms with van der Waals surface area (Å²) in [4.78, 5) is 2.46. The van der Waals surface area contributed by atoms with Gasteiger partial charge in [0, 0.05) is 6.04 Å². The number of nitrogens with zero attached hydrogens (tertiary/aromatic N) is 1. The molecule has 128 valence electrons. The van der Waals surface area contributed by atoms with Gasteiger partial charge in [0.2, 0.25) is 0 Å². The monoisotopic (exact) mass is 323 g/mol. The fraction of sp³-hybridized carbons (Fsp3) is 0.684. The number of likely N-dealkylation sites (N-methyl/N-ethyl adjacent to an activating group) is 1. The van der Waals surface area contributed by atoms with Crippen molar-refractivity contribution >= 4 is 0 Å². The lowest BCUT2D eigenvalue weighted by molar-refractivity contribution is -0.0499. The summed E-state index contributed by atoms with van der Waals surface area (Å²) in [6.45, 7) is 2.84. The molecule has 4 heteroatoms. The van der Waals surface area contributed by atoms with Gasteiger partial charge in [0.05, 0.1) is 0 Å². The van der Waals surface area contributed by atoms with Crippen molar-refractivity contribution in [3.05, 3.63) is 29.3 Å². The van der Waals surface area contributed by atoms with E-state index in [0.29, 0.717) is 23.6 Å². The summed E-state index contributed by atoms with van der Waals surface area (Å²) < 4.78 is 29.7. The second-order valence-electron chi connectivity index (χ2n) is 7.27. The first-order valence-electron chi connectivity index (χ1n) is 8.77. The van der Waals surface area contributed by atoms with E-state index < -0.39 is 6.61 Å². The SMILES string of the molecule is CCN(C)[C@H]1Cc2ccc(OC(F)F)cc2C2CC[C@@H](C)C[C@@H]21. The Balaban J connectivity index is 1.94. The van der Waals surface area contributed by atoms with E-state index in [1.54, 1.807) is 6.07 Å². The molecule has 1 aromatic carbocycles. The van der Waals surface area contributed by atoms with Gasteiger partial charge in [-0.3, -0.25) is 0 Å². The maximum Gasteiger partial charge on any atom is 0.387 e. The molecule has 0 aliphatic heterocycles. The van der Waals surface area contributed by atoms with Crippen molar-refractivity contribution in [2.75, 3.05) is 13.6 Å². The lowest BCUT2D eigenvalue weighted by atomic mass is 9.63. The number of ether oxygens (including phenoxy) is 1. The van der Waals surface area contributed by atoms with E-state index in [0.717, 1.165) is 25.3 Å². The average molecular weight is 323 g/mol. The highest BCUT2D eigenvalue weighted by Crippen LogP contribution is 2.48. The van der Waals surface area contributed by atoms with Crippen LogP contribution in [0.25, 0.3) is 0 Å². The highest BCUT2D eigenvalue weighted by atomic mass is 19.3. The second kappa shape index (κ2) is 6.76. The van der Waals surface area contributed by atoms with Crippen molar-refractivity contribution in [1.82, 2.24) is 4.90 Å². The van der Waals surface area contributed by atoms with Crippen LogP contribution in [0.3, 0.4) is 0 Å². The lowest BCUT2D eigenvalue weighted by Gasteiger charge is -2.47. The largest absolute Gasteiger partial charge is 0.435 e. The molecule has 0 N–H and O–H groups in total. The molecule has 0 spiro atoms. The molecule has 23 heavy (non-hydrogen) atoms. The number of hydrogen-bond donors (Lipinski definition) is 0. The summed E-state index contributed by atoms with van der Waals surface area (Å²) in [5, 5.41) is 0. The smallest absolute Gasteiger partial charge is 0.387 e. The summed E-state index contributed by atoms with van der Waals surface area (Å²) >= 11 is 0. The third-order valence-electron chi connectivity index (χ3n) is 5.89. The van der Waals surface area contributed by atoms with Gasteiger partial charge >= 0.3 is 6.61 Å². The molecule has 1 unspecified atom stereocenters. The molecule has 0 bridgehead atoms. The van der Waals surface area contributed by atoms with Gasteiger partial charge < -0.3 is 9.64 Å². The van der Waals surface area contributed by atoms with E-state index in [-0.39, 0.29) is 0 Å². The molecule has 1 aromatic rings. The molecule has 0 amide bonds. The number of alkyl halides is 2. The van der Waals surface area contributed by atoms with Crippen molar-refractivity contribution in [1.29, 1.82) is 0 Å². The zero-order valence-electron chi connectivity index (χ0n) is 14.3.